The molecule has 0 radical (unpaired) electrons. The quantitative estimate of drug-likeness (QED) is 0.376. The molecule has 0 aliphatic heterocycles. The summed E-state index contributed by atoms with van der Waals surface area (Å²) in [5, 5.41) is 2.76. The van der Waals surface area contributed by atoms with Gasteiger partial charge in [0.2, 0.25) is 0 Å². The minimum absolute atomic E-state index is 0.355. The number of nitrogens with one attached hydrogen (secondary N) is 1. The lowest BCUT2D eigenvalue weighted by Crippen LogP contribution is -2.33. The maximum absolute atomic E-state index is 13.1. The number of rotatable bonds is 7. The van der Waals surface area contributed by atoms with Gasteiger partial charge in [-0.25, -0.2) is 0 Å². The SMILES string of the molecule is COc1ccc(-c2cc3ccccn3c2C(=O)C(=O)NCCc2ccccc2)cc1. The van der Waals surface area contributed by atoms with Crippen molar-refractivity contribution in [1.29, 1.82) is 0 Å². The second-order valence-electron chi connectivity index (χ2n) is 6.95. The number of carbonyl (C=O) groups excluding carboxylic acids is 2. The third-order valence-electron chi connectivity index (χ3n) is 5.04. The molecule has 4 rings (SSSR count). The normalized spacial score (nSPS) is 10.7. The van der Waals surface area contributed by atoms with Gasteiger partial charge in [-0.3, -0.25) is 9.59 Å². The van der Waals surface area contributed by atoms with E-state index in [2.05, 4.69) is 5.32 Å². The lowest BCUT2D eigenvalue weighted by Gasteiger charge is -2.08. The number of amides is 1. The molecule has 0 bridgehead atoms. The van der Waals surface area contributed by atoms with Gasteiger partial charge in [-0.2, -0.15) is 0 Å². The van der Waals surface area contributed by atoms with Gasteiger partial charge < -0.3 is 14.5 Å². The largest absolute Gasteiger partial charge is 0.497 e. The van der Waals surface area contributed by atoms with Crippen molar-refractivity contribution in [3.8, 4) is 16.9 Å². The van der Waals surface area contributed by atoms with Crippen molar-refractivity contribution < 1.29 is 14.3 Å². The lowest BCUT2D eigenvalue weighted by molar-refractivity contribution is -0.117. The molecule has 5 nitrogen and oxygen atoms in total. The smallest absolute Gasteiger partial charge is 0.294 e. The number of hydrogen-bond donors (Lipinski definition) is 1. The van der Waals surface area contributed by atoms with E-state index in [1.165, 1.54) is 0 Å². The standard InChI is InChI=1S/C25H22N2O3/c1-30-21-12-10-19(11-13-21)22-17-20-9-5-6-16-27(20)23(22)24(28)25(29)26-15-14-18-7-3-2-4-8-18/h2-13,16-17H,14-15H2,1H3,(H,26,29). The summed E-state index contributed by atoms with van der Waals surface area (Å²) >= 11 is 0. The number of Topliss-reactive ketones (excluding diaryl/α,β-unsaturated/α-hetero) is 1. The first kappa shape index (κ1) is 19.5. The monoisotopic (exact) mass is 398 g/mol. The molecule has 0 saturated carbocycles. The summed E-state index contributed by atoms with van der Waals surface area (Å²) in [6, 6.07) is 24.9. The highest BCUT2D eigenvalue weighted by Crippen LogP contribution is 2.29. The Morgan fingerprint density at radius 2 is 1.67 bits per heavy atom. The van der Waals surface area contributed by atoms with Gasteiger partial charge in [0, 0.05) is 23.8 Å². The minimum atomic E-state index is -0.607. The molecule has 2 aromatic heterocycles. The van der Waals surface area contributed by atoms with Crippen molar-refractivity contribution in [3.63, 3.8) is 0 Å². The molecule has 1 N–H and O–H groups in total. The number of ether oxygens (including phenoxy) is 1. The number of nitrogens with zero attached hydrogens (tertiary/aromatic N) is 1. The summed E-state index contributed by atoms with van der Waals surface area (Å²) in [7, 11) is 1.61. The molecule has 2 aromatic carbocycles. The van der Waals surface area contributed by atoms with Gasteiger partial charge in [0.15, 0.2) is 0 Å². The molecule has 0 spiro atoms. The Kier molecular flexibility index (Phi) is 5.61. The highest BCUT2D eigenvalue weighted by molar-refractivity contribution is 6.43. The molecule has 5 heteroatoms. The number of pyridine rings is 1. The summed E-state index contributed by atoms with van der Waals surface area (Å²) in [4.78, 5) is 25.8. The van der Waals surface area contributed by atoms with E-state index >= 15 is 0 Å². The van der Waals surface area contributed by atoms with Crippen LogP contribution in [0.15, 0.2) is 85.1 Å². The molecule has 2 heterocycles. The van der Waals surface area contributed by atoms with Crippen LogP contribution >= 0.6 is 0 Å². The molecule has 0 saturated heterocycles. The number of methoxy groups -OCH3 is 1. The van der Waals surface area contributed by atoms with E-state index in [9.17, 15) is 9.59 Å². The first-order valence-electron chi connectivity index (χ1n) is 9.78. The number of aromatic nitrogens is 1. The second-order valence-corrected chi connectivity index (χ2v) is 6.95. The first-order valence-corrected chi connectivity index (χ1v) is 9.78. The molecular formula is C25H22N2O3. The second kappa shape index (κ2) is 8.66. The lowest BCUT2D eigenvalue weighted by atomic mass is 10.0. The van der Waals surface area contributed by atoms with E-state index in [-0.39, 0.29) is 0 Å². The number of carbonyl (C=O) groups is 2. The van der Waals surface area contributed by atoms with Gasteiger partial charge in [-0.15, -0.1) is 0 Å². The van der Waals surface area contributed by atoms with E-state index in [0.29, 0.717) is 24.2 Å². The zero-order valence-electron chi connectivity index (χ0n) is 16.7. The van der Waals surface area contributed by atoms with Crippen molar-refractivity contribution in [1.82, 2.24) is 9.72 Å². The summed E-state index contributed by atoms with van der Waals surface area (Å²) in [5.41, 5.74) is 3.88. The van der Waals surface area contributed by atoms with Crippen LogP contribution in [0, 0.1) is 0 Å². The highest BCUT2D eigenvalue weighted by atomic mass is 16.5. The number of fused-ring (bicyclic) bond motifs is 1. The van der Waals surface area contributed by atoms with E-state index in [0.717, 1.165) is 22.4 Å². The molecule has 0 atom stereocenters. The van der Waals surface area contributed by atoms with Crippen molar-refractivity contribution >= 4 is 17.2 Å². The fourth-order valence-electron chi connectivity index (χ4n) is 3.50. The summed E-state index contributed by atoms with van der Waals surface area (Å²) < 4.78 is 6.99. The average Bonchev–Trinajstić information content (AvgIpc) is 3.19. The molecule has 0 unspecified atom stereocenters. The molecule has 0 aliphatic rings. The van der Waals surface area contributed by atoms with Gasteiger partial charge in [-0.1, -0.05) is 48.5 Å². The van der Waals surface area contributed by atoms with Gasteiger partial charge in [0.05, 0.1) is 7.11 Å². The maximum Gasteiger partial charge on any atom is 0.294 e. The molecule has 150 valence electrons. The molecule has 1 amide bonds. The van der Waals surface area contributed by atoms with Crippen LogP contribution in [0.5, 0.6) is 5.75 Å². The summed E-state index contributed by atoms with van der Waals surface area (Å²) in [6.07, 6.45) is 2.47. The fraction of sp³-hybridized carbons (Fsp3) is 0.120. The number of benzene rings is 2. The third kappa shape index (κ3) is 3.96. The molecular weight excluding hydrogens is 376 g/mol. The van der Waals surface area contributed by atoms with Crippen LogP contribution in [-0.4, -0.2) is 29.7 Å². The zero-order valence-corrected chi connectivity index (χ0v) is 16.7. The van der Waals surface area contributed by atoms with Crippen molar-refractivity contribution in [2.75, 3.05) is 13.7 Å². The van der Waals surface area contributed by atoms with Crippen LogP contribution in [0.3, 0.4) is 0 Å². The molecule has 0 aliphatic carbocycles. The Hall–Kier alpha value is -3.86. The number of ketones is 1. The van der Waals surface area contributed by atoms with E-state index in [1.54, 1.807) is 17.7 Å². The minimum Gasteiger partial charge on any atom is -0.497 e. The van der Waals surface area contributed by atoms with Crippen molar-refractivity contribution in [2.45, 2.75) is 6.42 Å². The van der Waals surface area contributed by atoms with E-state index < -0.39 is 11.7 Å². The molecule has 0 fully saturated rings. The van der Waals surface area contributed by atoms with Crippen LogP contribution in [-0.2, 0) is 11.2 Å². The van der Waals surface area contributed by atoms with Gasteiger partial charge in [-0.05, 0) is 47.9 Å². The van der Waals surface area contributed by atoms with Gasteiger partial charge >= 0.3 is 0 Å². The third-order valence-corrected chi connectivity index (χ3v) is 5.04. The Morgan fingerprint density at radius 1 is 0.933 bits per heavy atom. The Bertz CT molecular complexity index is 1180. The van der Waals surface area contributed by atoms with Crippen LogP contribution in [0.4, 0.5) is 0 Å². The van der Waals surface area contributed by atoms with Gasteiger partial charge in [0.25, 0.3) is 11.7 Å². The topological polar surface area (TPSA) is 59.8 Å². The summed E-state index contributed by atoms with van der Waals surface area (Å²) in [6.45, 7) is 0.399. The highest BCUT2D eigenvalue weighted by Gasteiger charge is 2.24. The van der Waals surface area contributed by atoms with Crippen LogP contribution in [0.2, 0.25) is 0 Å². The van der Waals surface area contributed by atoms with Crippen molar-refractivity contribution in [2.24, 2.45) is 0 Å². The van der Waals surface area contributed by atoms with E-state index in [1.807, 2.05) is 78.9 Å². The fourth-order valence-corrected chi connectivity index (χ4v) is 3.50. The average molecular weight is 398 g/mol. The Balaban J connectivity index is 1.61. The van der Waals surface area contributed by atoms with Crippen LogP contribution in [0.25, 0.3) is 16.6 Å². The van der Waals surface area contributed by atoms with Crippen LogP contribution < -0.4 is 10.1 Å². The van der Waals surface area contributed by atoms with Crippen LogP contribution in [0.1, 0.15) is 16.1 Å². The summed E-state index contributed by atoms with van der Waals surface area (Å²) in [5.74, 6) is -0.432. The Labute approximate surface area is 174 Å². The zero-order chi connectivity index (χ0) is 20.9. The van der Waals surface area contributed by atoms with E-state index in [4.69, 9.17) is 4.74 Å². The molecule has 4 aromatic rings. The van der Waals surface area contributed by atoms with Gasteiger partial charge in [0.1, 0.15) is 11.4 Å². The predicted octanol–water partition coefficient (Wildman–Crippen LogP) is 4.16. The molecule has 30 heavy (non-hydrogen) atoms. The first-order chi connectivity index (χ1) is 14.7. The van der Waals surface area contributed by atoms with Crippen molar-refractivity contribution in [3.05, 3.63) is 96.3 Å². The number of hydrogen-bond acceptors (Lipinski definition) is 3. The maximum atomic E-state index is 13.1. The Morgan fingerprint density at radius 3 is 2.40 bits per heavy atom. The predicted molar refractivity (Wildman–Crippen MR) is 117 cm³/mol.